The molecule has 0 saturated carbocycles. The summed E-state index contributed by atoms with van der Waals surface area (Å²) in [5, 5.41) is 16.6. The van der Waals surface area contributed by atoms with Gasteiger partial charge in [0.2, 0.25) is 0 Å². The number of rotatable bonds is 6. The fourth-order valence-corrected chi connectivity index (χ4v) is 3.43. The van der Waals surface area contributed by atoms with Crippen LogP contribution in [-0.2, 0) is 9.63 Å². The molecule has 2 aliphatic heterocycles. The van der Waals surface area contributed by atoms with E-state index in [0.29, 0.717) is 6.42 Å². The van der Waals surface area contributed by atoms with Gasteiger partial charge in [0.1, 0.15) is 5.60 Å². The maximum atomic E-state index is 10.6. The third-order valence-corrected chi connectivity index (χ3v) is 4.94. The monoisotopic (exact) mass is 344 g/mol. The number of hydrazone groups is 1. The van der Waals surface area contributed by atoms with Crippen LogP contribution in [0.3, 0.4) is 0 Å². The first-order valence-corrected chi connectivity index (χ1v) is 8.63. The molecule has 1 fully saturated rings. The highest BCUT2D eigenvalue weighted by molar-refractivity contribution is 6.02. The Bertz CT molecular complexity index is 661. The molecule has 1 saturated heterocycles. The lowest BCUT2D eigenvalue weighted by Crippen LogP contribution is -2.44. The zero-order chi connectivity index (χ0) is 17.7. The number of piperidine rings is 1. The van der Waals surface area contributed by atoms with Gasteiger partial charge in [-0.3, -0.25) is 4.79 Å². The minimum atomic E-state index is -0.727. The number of carboxylic acids is 1. The summed E-state index contributed by atoms with van der Waals surface area (Å²) in [5.74, 6) is 4.44. The van der Waals surface area contributed by atoms with Crippen LogP contribution in [0, 0.1) is 0 Å². The SMILES string of the molecule is NN=Cc1ccc(C2=NOC3(CCN(CCCC(=O)O)CC3)C2)cc1. The second-order valence-corrected chi connectivity index (χ2v) is 6.73. The van der Waals surface area contributed by atoms with E-state index in [4.69, 9.17) is 15.8 Å². The van der Waals surface area contributed by atoms with Gasteiger partial charge >= 0.3 is 5.97 Å². The standard InChI is InChI=1S/C18H24N4O3/c19-20-13-14-3-5-15(6-4-14)16-12-18(25-21-16)7-10-22(11-8-18)9-1-2-17(23)24/h3-6,13H,1-2,7-12,19H2,(H,23,24). The molecule has 2 heterocycles. The van der Waals surface area contributed by atoms with Crippen molar-refractivity contribution in [2.75, 3.05) is 19.6 Å². The minimum Gasteiger partial charge on any atom is -0.481 e. The highest BCUT2D eigenvalue weighted by Crippen LogP contribution is 2.36. The van der Waals surface area contributed by atoms with E-state index in [-0.39, 0.29) is 12.0 Å². The summed E-state index contributed by atoms with van der Waals surface area (Å²) in [6.45, 7) is 2.68. The lowest BCUT2D eigenvalue weighted by molar-refractivity contribution is -0.137. The zero-order valence-electron chi connectivity index (χ0n) is 14.2. The van der Waals surface area contributed by atoms with E-state index in [1.54, 1.807) is 6.21 Å². The van der Waals surface area contributed by atoms with Crippen molar-refractivity contribution < 1.29 is 14.7 Å². The van der Waals surface area contributed by atoms with Crippen LogP contribution in [0.2, 0.25) is 0 Å². The molecule has 1 aromatic rings. The molecule has 0 unspecified atom stereocenters. The summed E-state index contributed by atoms with van der Waals surface area (Å²) in [7, 11) is 0. The van der Waals surface area contributed by atoms with Crippen LogP contribution < -0.4 is 5.84 Å². The molecule has 0 atom stereocenters. The van der Waals surface area contributed by atoms with E-state index in [2.05, 4.69) is 15.2 Å². The van der Waals surface area contributed by atoms with Gasteiger partial charge in [0.25, 0.3) is 0 Å². The maximum Gasteiger partial charge on any atom is 0.303 e. The Morgan fingerprint density at radius 1 is 1.36 bits per heavy atom. The molecule has 3 rings (SSSR count). The van der Waals surface area contributed by atoms with Gasteiger partial charge in [-0.05, 0) is 24.1 Å². The minimum absolute atomic E-state index is 0.198. The maximum absolute atomic E-state index is 10.6. The number of carboxylic acid groups (broad SMARTS) is 1. The lowest BCUT2D eigenvalue weighted by atomic mass is 9.85. The molecule has 0 aliphatic carbocycles. The molecule has 0 aromatic heterocycles. The Balaban J connectivity index is 1.51. The van der Waals surface area contributed by atoms with Gasteiger partial charge in [-0.25, -0.2) is 0 Å². The van der Waals surface area contributed by atoms with Crippen LogP contribution in [0.15, 0.2) is 34.5 Å². The van der Waals surface area contributed by atoms with E-state index in [1.807, 2.05) is 24.3 Å². The third-order valence-electron chi connectivity index (χ3n) is 4.94. The number of nitrogens with two attached hydrogens (primary N) is 1. The van der Waals surface area contributed by atoms with Gasteiger partial charge in [0.05, 0.1) is 11.9 Å². The van der Waals surface area contributed by atoms with Crippen LogP contribution in [0.4, 0.5) is 0 Å². The summed E-state index contributed by atoms with van der Waals surface area (Å²) >= 11 is 0. The quantitative estimate of drug-likeness (QED) is 0.466. The number of nitrogens with zero attached hydrogens (tertiary/aromatic N) is 3. The number of oxime groups is 1. The van der Waals surface area contributed by atoms with Crippen LogP contribution in [0.1, 0.15) is 43.2 Å². The number of likely N-dealkylation sites (tertiary alicyclic amines) is 1. The lowest BCUT2D eigenvalue weighted by Gasteiger charge is -2.37. The van der Waals surface area contributed by atoms with Gasteiger partial charge < -0.3 is 20.7 Å². The van der Waals surface area contributed by atoms with E-state index < -0.39 is 5.97 Å². The Kier molecular flexibility index (Phi) is 5.33. The van der Waals surface area contributed by atoms with Crippen molar-refractivity contribution >= 4 is 17.9 Å². The van der Waals surface area contributed by atoms with Crippen molar-refractivity contribution in [1.82, 2.24) is 4.90 Å². The number of hydrogen-bond acceptors (Lipinski definition) is 6. The number of aliphatic carboxylic acids is 1. The molecular weight excluding hydrogens is 320 g/mol. The largest absolute Gasteiger partial charge is 0.481 e. The highest BCUT2D eigenvalue weighted by Gasteiger charge is 2.42. The third kappa shape index (κ3) is 4.36. The van der Waals surface area contributed by atoms with Gasteiger partial charge in [-0.2, -0.15) is 5.10 Å². The predicted octanol–water partition coefficient (Wildman–Crippen LogP) is 1.80. The van der Waals surface area contributed by atoms with Crippen LogP contribution in [0.25, 0.3) is 0 Å². The Morgan fingerprint density at radius 2 is 2.08 bits per heavy atom. The van der Waals surface area contributed by atoms with E-state index in [9.17, 15) is 4.79 Å². The second kappa shape index (κ2) is 7.65. The Hall–Kier alpha value is -2.41. The first-order valence-electron chi connectivity index (χ1n) is 8.63. The summed E-state index contributed by atoms with van der Waals surface area (Å²) < 4.78 is 0. The second-order valence-electron chi connectivity index (χ2n) is 6.73. The zero-order valence-corrected chi connectivity index (χ0v) is 14.2. The summed E-state index contributed by atoms with van der Waals surface area (Å²) in [4.78, 5) is 18.8. The fraction of sp³-hybridized carbons (Fsp3) is 0.500. The normalized spacial score (nSPS) is 19.9. The average Bonchev–Trinajstić information content (AvgIpc) is 3.01. The van der Waals surface area contributed by atoms with E-state index in [1.165, 1.54) is 0 Å². The molecule has 0 bridgehead atoms. The molecule has 1 aromatic carbocycles. The molecule has 1 spiro atoms. The molecule has 25 heavy (non-hydrogen) atoms. The molecular formula is C18H24N4O3. The fourth-order valence-electron chi connectivity index (χ4n) is 3.43. The van der Waals surface area contributed by atoms with Crippen molar-refractivity contribution in [1.29, 1.82) is 0 Å². The van der Waals surface area contributed by atoms with Crippen molar-refractivity contribution in [2.45, 2.75) is 37.7 Å². The number of hydrogen-bond donors (Lipinski definition) is 2. The summed E-state index contributed by atoms with van der Waals surface area (Å²) in [6, 6.07) is 7.95. The molecule has 2 aliphatic rings. The predicted molar refractivity (Wildman–Crippen MR) is 95.7 cm³/mol. The van der Waals surface area contributed by atoms with Crippen molar-refractivity contribution in [3.8, 4) is 0 Å². The van der Waals surface area contributed by atoms with Crippen molar-refractivity contribution in [3.63, 3.8) is 0 Å². The van der Waals surface area contributed by atoms with Gasteiger partial charge in [0, 0.05) is 38.8 Å². The molecule has 134 valence electrons. The van der Waals surface area contributed by atoms with E-state index >= 15 is 0 Å². The molecule has 3 N–H and O–H groups in total. The highest BCUT2D eigenvalue weighted by atomic mass is 16.7. The Labute approximate surface area is 147 Å². The summed E-state index contributed by atoms with van der Waals surface area (Å²) in [5.41, 5.74) is 2.80. The van der Waals surface area contributed by atoms with Crippen LogP contribution in [0.5, 0.6) is 0 Å². The van der Waals surface area contributed by atoms with Gasteiger partial charge in [-0.15, -0.1) is 0 Å². The summed E-state index contributed by atoms with van der Waals surface area (Å²) in [6.07, 6.45) is 5.20. The van der Waals surface area contributed by atoms with Crippen LogP contribution in [-0.4, -0.2) is 53.1 Å². The smallest absolute Gasteiger partial charge is 0.303 e. The molecule has 0 radical (unpaired) electrons. The topological polar surface area (TPSA) is 101 Å². The first-order chi connectivity index (χ1) is 12.1. The van der Waals surface area contributed by atoms with Gasteiger partial charge in [0.15, 0.2) is 0 Å². The molecule has 0 amide bonds. The van der Waals surface area contributed by atoms with Crippen molar-refractivity contribution in [3.05, 3.63) is 35.4 Å². The Morgan fingerprint density at radius 3 is 2.72 bits per heavy atom. The van der Waals surface area contributed by atoms with Crippen LogP contribution >= 0.6 is 0 Å². The first kappa shape index (κ1) is 17.4. The number of carbonyl (C=O) groups is 1. The van der Waals surface area contributed by atoms with Gasteiger partial charge in [-0.1, -0.05) is 29.4 Å². The molecule has 7 nitrogen and oxygen atoms in total. The number of benzene rings is 1. The molecule has 7 heteroatoms. The van der Waals surface area contributed by atoms with Crippen molar-refractivity contribution in [2.24, 2.45) is 16.1 Å². The van der Waals surface area contributed by atoms with E-state index in [0.717, 1.165) is 55.7 Å². The average molecular weight is 344 g/mol.